The number of aromatic amines is 2. The lowest BCUT2D eigenvalue weighted by molar-refractivity contribution is -0.138. The van der Waals surface area contributed by atoms with E-state index >= 15 is 0 Å². The van der Waals surface area contributed by atoms with Crippen LogP contribution in [0.4, 0.5) is 26.3 Å². The predicted molar refractivity (Wildman–Crippen MR) is 199 cm³/mol. The molecule has 0 aliphatic carbocycles. The monoisotopic (exact) mass is 730 g/mol. The third kappa shape index (κ3) is 4.36. The van der Waals surface area contributed by atoms with Crippen LogP contribution in [0, 0.1) is 13.8 Å². The largest absolute Gasteiger partial charge is 0.416 e. The van der Waals surface area contributed by atoms with Crippen molar-refractivity contribution in [3.05, 3.63) is 140 Å². The number of fused-ring (bicyclic) bond motifs is 8. The molecule has 0 amide bonds. The number of H-pyrrole nitrogens is 2. The van der Waals surface area contributed by atoms with E-state index in [0.717, 1.165) is 41.0 Å². The molecule has 4 aromatic heterocycles. The van der Waals surface area contributed by atoms with Gasteiger partial charge in [-0.2, -0.15) is 26.3 Å². The van der Waals surface area contributed by atoms with Crippen molar-refractivity contribution in [3.8, 4) is 22.3 Å². The van der Waals surface area contributed by atoms with Crippen molar-refractivity contribution in [1.29, 1.82) is 0 Å². The Hall–Kier alpha value is -6.56. The van der Waals surface area contributed by atoms with Crippen LogP contribution in [0.15, 0.2) is 107 Å². The molecule has 12 heteroatoms. The van der Waals surface area contributed by atoms with Crippen LogP contribution in [-0.4, -0.2) is 18.8 Å². The second-order valence-electron chi connectivity index (χ2n) is 13.9. The Labute approximate surface area is 298 Å². The summed E-state index contributed by atoms with van der Waals surface area (Å²) in [4.78, 5) is 36.2. The van der Waals surface area contributed by atoms with Crippen molar-refractivity contribution < 1.29 is 26.3 Å². The fourth-order valence-corrected chi connectivity index (χ4v) is 8.06. The van der Waals surface area contributed by atoms with Crippen molar-refractivity contribution in [3.63, 3.8) is 0 Å². The molecule has 0 fully saturated rings. The zero-order chi connectivity index (χ0) is 37.6. The average molecular weight is 731 g/mol. The number of aromatic nitrogens is 4. The van der Waals surface area contributed by atoms with Crippen LogP contribution in [0.5, 0.6) is 0 Å². The molecule has 0 bridgehead atoms. The Kier molecular flexibility index (Phi) is 6.26. The number of alkyl halides is 6. The van der Waals surface area contributed by atoms with Crippen molar-refractivity contribution in [2.75, 3.05) is 0 Å². The van der Waals surface area contributed by atoms with Gasteiger partial charge in [0.2, 0.25) is 0 Å². The number of aryl methyl sites for hydroxylation is 2. The molecular formula is C42H24F6N4O2. The predicted octanol–water partition coefficient (Wildman–Crippen LogP) is 10.8. The lowest BCUT2D eigenvalue weighted by Gasteiger charge is -2.19. The highest BCUT2D eigenvalue weighted by Gasteiger charge is 2.33. The van der Waals surface area contributed by atoms with Crippen molar-refractivity contribution in [2.45, 2.75) is 26.2 Å². The SMILES string of the molecule is Cc1ccc(-c2cc3c(=O)n4c5ccc(C(F)(F)F)cc5[nH]c4c4c(-c5ccc(C(F)(F)F)cc5)cc5c(=O)n6c7ccc(C)cc7[nH]c6c2c5c34)cc1. The first-order valence-corrected chi connectivity index (χ1v) is 16.9. The van der Waals surface area contributed by atoms with Gasteiger partial charge in [0.1, 0.15) is 11.3 Å². The summed E-state index contributed by atoms with van der Waals surface area (Å²) in [6.07, 6.45) is -9.28. The first-order chi connectivity index (χ1) is 25.7. The van der Waals surface area contributed by atoms with E-state index in [0.29, 0.717) is 54.9 Å². The molecule has 10 aromatic rings. The van der Waals surface area contributed by atoms with Crippen LogP contribution in [0.3, 0.4) is 0 Å². The van der Waals surface area contributed by atoms with Gasteiger partial charge in [-0.15, -0.1) is 0 Å². The molecule has 0 spiro atoms. The van der Waals surface area contributed by atoms with E-state index < -0.39 is 34.6 Å². The molecule has 4 heterocycles. The summed E-state index contributed by atoms with van der Waals surface area (Å²) < 4.78 is 85.7. The summed E-state index contributed by atoms with van der Waals surface area (Å²) in [5.41, 5.74) is 3.30. The molecule has 0 aliphatic heterocycles. The molecule has 6 aromatic carbocycles. The van der Waals surface area contributed by atoms with Crippen LogP contribution in [-0.2, 0) is 12.4 Å². The van der Waals surface area contributed by atoms with Gasteiger partial charge >= 0.3 is 12.4 Å². The van der Waals surface area contributed by atoms with E-state index in [2.05, 4.69) is 9.97 Å². The Bertz CT molecular complexity index is 3350. The normalized spacial score (nSPS) is 13.0. The number of hydrogen-bond donors (Lipinski definition) is 2. The highest BCUT2D eigenvalue weighted by molar-refractivity contribution is 6.33. The van der Waals surface area contributed by atoms with Gasteiger partial charge in [-0.3, -0.25) is 18.4 Å². The lowest BCUT2D eigenvalue weighted by atomic mass is 9.87. The standard InChI is InChI=1S/C42H24F6N4O2/c1-19-3-6-21(7-4-19)25-17-27-34-33-28(39(53)51-31-13-5-20(2)15-29(31)49-37(51)35(25)33)18-26(22-8-10-23(11-9-22)41(43,44)45)36(34)38-50-30-16-24(42(46,47)48)12-14-32(30)52(38)40(27)54/h3-18,49-50H,1-2H3. The third-order valence-electron chi connectivity index (χ3n) is 10.5. The van der Waals surface area contributed by atoms with E-state index in [1.807, 2.05) is 56.3 Å². The second kappa shape index (κ2) is 10.5. The summed E-state index contributed by atoms with van der Waals surface area (Å²) in [6.45, 7) is 3.87. The minimum absolute atomic E-state index is 0.0301. The molecule has 0 saturated carbocycles. The molecule has 10 rings (SSSR count). The number of imidazole rings is 2. The zero-order valence-electron chi connectivity index (χ0n) is 28.2. The van der Waals surface area contributed by atoms with Gasteiger partial charge in [-0.05, 0) is 96.3 Å². The van der Waals surface area contributed by atoms with Crippen molar-refractivity contribution in [1.82, 2.24) is 18.8 Å². The fraction of sp³-hybridized carbons (Fsp3) is 0.0952. The first kappa shape index (κ1) is 32.1. The topological polar surface area (TPSA) is 74.5 Å². The van der Waals surface area contributed by atoms with E-state index in [1.165, 1.54) is 22.6 Å². The van der Waals surface area contributed by atoms with E-state index in [4.69, 9.17) is 0 Å². The molecule has 266 valence electrons. The quantitative estimate of drug-likeness (QED) is 0.137. The molecule has 0 saturated heterocycles. The van der Waals surface area contributed by atoms with Gasteiger partial charge in [0.05, 0.1) is 33.2 Å². The van der Waals surface area contributed by atoms with Crippen LogP contribution in [0.1, 0.15) is 22.3 Å². The smallest absolute Gasteiger partial charge is 0.339 e. The number of halogens is 6. The highest BCUT2D eigenvalue weighted by Crippen LogP contribution is 2.46. The third-order valence-corrected chi connectivity index (χ3v) is 10.5. The van der Waals surface area contributed by atoms with E-state index in [1.54, 1.807) is 16.5 Å². The molecular weight excluding hydrogens is 706 g/mol. The Morgan fingerprint density at radius 2 is 0.907 bits per heavy atom. The molecule has 2 N–H and O–H groups in total. The van der Waals surface area contributed by atoms with Crippen molar-refractivity contribution >= 4 is 65.7 Å². The lowest BCUT2D eigenvalue weighted by Crippen LogP contribution is -2.17. The van der Waals surface area contributed by atoms with Crippen LogP contribution < -0.4 is 11.1 Å². The highest BCUT2D eigenvalue weighted by atomic mass is 19.4. The first-order valence-electron chi connectivity index (χ1n) is 16.9. The molecule has 0 aliphatic rings. The summed E-state index contributed by atoms with van der Waals surface area (Å²) in [7, 11) is 0. The average Bonchev–Trinajstić information content (AvgIpc) is 3.71. The maximum absolute atomic E-state index is 14.8. The Morgan fingerprint density at radius 1 is 0.481 bits per heavy atom. The second-order valence-corrected chi connectivity index (χ2v) is 13.9. The van der Waals surface area contributed by atoms with Crippen LogP contribution >= 0.6 is 0 Å². The summed E-state index contributed by atoms with van der Waals surface area (Å²) >= 11 is 0. The number of rotatable bonds is 2. The minimum Gasteiger partial charge on any atom is -0.339 e. The zero-order valence-corrected chi connectivity index (χ0v) is 28.2. The molecule has 0 atom stereocenters. The Morgan fingerprint density at radius 3 is 1.41 bits per heavy atom. The number of benzene rings is 6. The maximum Gasteiger partial charge on any atom is 0.416 e. The van der Waals surface area contributed by atoms with Gasteiger partial charge in [0, 0.05) is 32.3 Å². The van der Waals surface area contributed by atoms with Gasteiger partial charge < -0.3 is 9.97 Å². The number of nitrogens with zero attached hydrogens (tertiary/aromatic N) is 2. The summed E-state index contributed by atoms with van der Waals surface area (Å²) in [6, 6.07) is 24.2. The van der Waals surface area contributed by atoms with Gasteiger partial charge in [-0.1, -0.05) is 48.0 Å². The van der Waals surface area contributed by atoms with Gasteiger partial charge in [0.15, 0.2) is 0 Å². The fourth-order valence-electron chi connectivity index (χ4n) is 8.06. The van der Waals surface area contributed by atoms with E-state index in [-0.39, 0.29) is 27.5 Å². The van der Waals surface area contributed by atoms with Gasteiger partial charge in [-0.25, -0.2) is 0 Å². The number of pyridine rings is 2. The van der Waals surface area contributed by atoms with E-state index in [9.17, 15) is 35.9 Å². The summed E-state index contributed by atoms with van der Waals surface area (Å²) in [5.74, 6) is 0. The van der Waals surface area contributed by atoms with Crippen LogP contribution in [0.25, 0.3) is 87.9 Å². The number of nitrogens with one attached hydrogen (secondary N) is 2. The molecule has 6 nitrogen and oxygen atoms in total. The maximum atomic E-state index is 14.8. The molecule has 54 heavy (non-hydrogen) atoms. The number of hydrogen-bond acceptors (Lipinski definition) is 2. The molecule has 0 unspecified atom stereocenters. The minimum atomic E-state index is -4.67. The molecule has 0 radical (unpaired) electrons. The van der Waals surface area contributed by atoms with Crippen LogP contribution in [0.2, 0.25) is 0 Å². The van der Waals surface area contributed by atoms with Gasteiger partial charge in [0.25, 0.3) is 11.1 Å². The Balaban J connectivity index is 1.49. The van der Waals surface area contributed by atoms with Crippen molar-refractivity contribution in [2.24, 2.45) is 0 Å². The summed E-state index contributed by atoms with van der Waals surface area (Å²) in [5, 5.41) is 2.17.